The van der Waals surface area contributed by atoms with Crippen molar-refractivity contribution in [1.82, 2.24) is 14.5 Å². The van der Waals surface area contributed by atoms with Crippen molar-refractivity contribution in [2.24, 2.45) is 0 Å². The lowest BCUT2D eigenvalue weighted by Gasteiger charge is -2.44. The SMILES string of the molecule is CCCN1CCC[C@@H]2c3cc(Br)cc4c3c(c(C)n4NC(=O)N(CC)CC)C[C@H]21. The highest BCUT2D eigenvalue weighted by Crippen LogP contribution is 2.46. The van der Waals surface area contributed by atoms with Gasteiger partial charge in [0.1, 0.15) is 0 Å². The monoisotopic (exact) mass is 460 g/mol. The summed E-state index contributed by atoms with van der Waals surface area (Å²) in [5, 5.41) is 1.37. The van der Waals surface area contributed by atoms with Crippen molar-refractivity contribution in [2.45, 2.75) is 65.3 Å². The van der Waals surface area contributed by atoms with Gasteiger partial charge in [-0.1, -0.05) is 22.9 Å². The summed E-state index contributed by atoms with van der Waals surface area (Å²) in [4.78, 5) is 17.3. The molecule has 29 heavy (non-hydrogen) atoms. The van der Waals surface area contributed by atoms with Gasteiger partial charge in [-0.3, -0.25) is 9.58 Å². The van der Waals surface area contributed by atoms with Crippen LogP contribution in [0.15, 0.2) is 16.6 Å². The Hall–Kier alpha value is -1.53. The van der Waals surface area contributed by atoms with Gasteiger partial charge in [0, 0.05) is 40.6 Å². The minimum atomic E-state index is -0.0349. The van der Waals surface area contributed by atoms with E-state index in [9.17, 15) is 4.79 Å². The van der Waals surface area contributed by atoms with Crippen LogP contribution in [-0.4, -0.2) is 52.7 Å². The van der Waals surface area contributed by atoms with Crippen molar-refractivity contribution in [3.8, 4) is 0 Å². The van der Waals surface area contributed by atoms with E-state index in [4.69, 9.17) is 0 Å². The molecule has 1 fully saturated rings. The molecule has 0 radical (unpaired) electrons. The zero-order chi connectivity index (χ0) is 20.7. The standard InChI is InChI=1S/C23H33BrN4O/c1-5-10-27-11-8-9-17-19-12-16(24)13-21-22(19)18(14-20(17)27)15(4)28(21)25-23(29)26(6-2)7-3/h12-13,17,20H,5-11,14H2,1-4H3,(H,25,29)/t17-,20-/m1/s1. The Bertz CT molecular complexity index is 915. The lowest BCUT2D eigenvalue weighted by atomic mass is 9.74. The number of likely N-dealkylation sites (tertiary alicyclic amines) is 1. The molecule has 6 heteroatoms. The molecule has 4 rings (SSSR count). The molecule has 2 atom stereocenters. The number of rotatable bonds is 5. The van der Waals surface area contributed by atoms with E-state index in [2.05, 4.69) is 52.2 Å². The Balaban J connectivity index is 1.82. The van der Waals surface area contributed by atoms with Gasteiger partial charge in [-0.2, -0.15) is 0 Å². The molecule has 0 bridgehead atoms. The second-order valence-electron chi connectivity index (χ2n) is 8.43. The minimum absolute atomic E-state index is 0.0349. The first-order valence-corrected chi connectivity index (χ1v) is 11.9. The van der Waals surface area contributed by atoms with E-state index < -0.39 is 0 Å². The molecule has 1 N–H and O–H groups in total. The van der Waals surface area contributed by atoms with Crippen LogP contribution in [0.1, 0.15) is 62.8 Å². The predicted octanol–water partition coefficient (Wildman–Crippen LogP) is 5.23. The van der Waals surface area contributed by atoms with E-state index in [1.807, 2.05) is 23.4 Å². The summed E-state index contributed by atoms with van der Waals surface area (Å²) in [5.41, 5.74) is 8.33. The second kappa shape index (κ2) is 8.31. The van der Waals surface area contributed by atoms with Gasteiger partial charge in [0.25, 0.3) is 0 Å². The van der Waals surface area contributed by atoms with Gasteiger partial charge in [-0.05, 0) is 82.8 Å². The number of urea groups is 1. The number of amides is 2. The summed E-state index contributed by atoms with van der Waals surface area (Å²) in [6.07, 6.45) is 4.80. The molecule has 2 aliphatic rings. The van der Waals surface area contributed by atoms with Crippen LogP contribution in [0, 0.1) is 6.92 Å². The van der Waals surface area contributed by atoms with Crippen LogP contribution in [-0.2, 0) is 6.42 Å². The van der Waals surface area contributed by atoms with Gasteiger partial charge >= 0.3 is 6.03 Å². The Labute approximate surface area is 182 Å². The number of halogens is 1. The molecule has 158 valence electrons. The third-order valence-corrected chi connectivity index (χ3v) is 7.36. The molecule has 0 unspecified atom stereocenters. The molecule has 2 amide bonds. The number of carbonyl (C=O) groups is 1. The van der Waals surface area contributed by atoms with Crippen LogP contribution in [0.3, 0.4) is 0 Å². The third kappa shape index (κ3) is 3.48. The van der Waals surface area contributed by atoms with Crippen LogP contribution < -0.4 is 5.43 Å². The molecule has 1 aliphatic carbocycles. The predicted molar refractivity (Wildman–Crippen MR) is 123 cm³/mol. The fourth-order valence-corrected chi connectivity index (χ4v) is 5.98. The summed E-state index contributed by atoms with van der Waals surface area (Å²) in [7, 11) is 0. The van der Waals surface area contributed by atoms with E-state index in [-0.39, 0.29) is 6.03 Å². The molecule has 2 aromatic rings. The van der Waals surface area contributed by atoms with Crippen LogP contribution in [0.25, 0.3) is 10.9 Å². The average molecular weight is 461 g/mol. The van der Waals surface area contributed by atoms with Crippen LogP contribution in [0.5, 0.6) is 0 Å². The van der Waals surface area contributed by atoms with Gasteiger partial charge < -0.3 is 4.90 Å². The molecular formula is C23H33BrN4O. The van der Waals surface area contributed by atoms with E-state index >= 15 is 0 Å². The molecule has 2 heterocycles. The molecule has 1 saturated heterocycles. The van der Waals surface area contributed by atoms with Crippen molar-refractivity contribution in [3.63, 3.8) is 0 Å². The number of fused-ring (bicyclic) bond motifs is 2. The number of nitrogens with zero attached hydrogens (tertiary/aromatic N) is 3. The first-order valence-electron chi connectivity index (χ1n) is 11.1. The summed E-state index contributed by atoms with van der Waals surface area (Å²) < 4.78 is 3.12. The fourth-order valence-electron chi connectivity index (χ4n) is 5.51. The lowest BCUT2D eigenvalue weighted by Crippen LogP contribution is -2.47. The van der Waals surface area contributed by atoms with Crippen LogP contribution in [0.2, 0.25) is 0 Å². The highest BCUT2D eigenvalue weighted by atomic mass is 79.9. The smallest absolute Gasteiger partial charge is 0.324 e. The van der Waals surface area contributed by atoms with E-state index in [0.29, 0.717) is 25.0 Å². The van der Waals surface area contributed by atoms with Crippen molar-refractivity contribution in [3.05, 3.63) is 33.4 Å². The summed E-state index contributed by atoms with van der Waals surface area (Å²) in [6, 6.07) is 5.02. The van der Waals surface area contributed by atoms with Gasteiger partial charge in [0.15, 0.2) is 0 Å². The fraction of sp³-hybridized carbons (Fsp3) is 0.609. The maximum atomic E-state index is 12.8. The molecule has 5 nitrogen and oxygen atoms in total. The number of piperidine rings is 1. The summed E-state index contributed by atoms with van der Waals surface area (Å²) >= 11 is 3.75. The molecule has 1 aromatic carbocycles. The third-order valence-electron chi connectivity index (χ3n) is 6.90. The highest BCUT2D eigenvalue weighted by molar-refractivity contribution is 9.10. The normalized spacial score (nSPS) is 21.3. The average Bonchev–Trinajstić information content (AvgIpc) is 2.96. The number of hydrogen-bond donors (Lipinski definition) is 1. The first-order chi connectivity index (χ1) is 14.0. The molecule has 0 spiro atoms. The number of benzene rings is 1. The topological polar surface area (TPSA) is 40.5 Å². The molecule has 1 aliphatic heterocycles. The second-order valence-corrected chi connectivity index (χ2v) is 9.35. The quantitative estimate of drug-likeness (QED) is 0.663. The molecular weight excluding hydrogens is 428 g/mol. The zero-order valence-corrected chi connectivity index (χ0v) is 19.7. The highest BCUT2D eigenvalue weighted by Gasteiger charge is 2.39. The molecule has 1 aromatic heterocycles. The van der Waals surface area contributed by atoms with Crippen molar-refractivity contribution < 1.29 is 4.79 Å². The summed E-state index contributed by atoms with van der Waals surface area (Å²) in [6.45, 7) is 12.3. The zero-order valence-electron chi connectivity index (χ0n) is 18.1. The Morgan fingerprint density at radius 3 is 2.72 bits per heavy atom. The minimum Gasteiger partial charge on any atom is -0.324 e. The first kappa shape index (κ1) is 20.7. The Morgan fingerprint density at radius 2 is 2.03 bits per heavy atom. The van der Waals surface area contributed by atoms with Crippen LogP contribution >= 0.6 is 15.9 Å². The number of aromatic nitrogens is 1. The van der Waals surface area contributed by atoms with E-state index in [0.717, 1.165) is 16.4 Å². The van der Waals surface area contributed by atoms with Gasteiger partial charge in [0.05, 0.1) is 5.52 Å². The largest absolute Gasteiger partial charge is 0.336 e. The van der Waals surface area contributed by atoms with Crippen molar-refractivity contribution >= 4 is 32.9 Å². The van der Waals surface area contributed by atoms with Gasteiger partial charge in [-0.25, -0.2) is 10.2 Å². The van der Waals surface area contributed by atoms with Crippen molar-refractivity contribution in [2.75, 3.05) is 31.6 Å². The maximum Gasteiger partial charge on any atom is 0.336 e. The van der Waals surface area contributed by atoms with E-state index in [1.165, 1.54) is 54.6 Å². The summed E-state index contributed by atoms with van der Waals surface area (Å²) in [5.74, 6) is 0.580. The number of carbonyl (C=O) groups excluding carboxylic acids is 1. The van der Waals surface area contributed by atoms with E-state index in [1.54, 1.807) is 0 Å². The van der Waals surface area contributed by atoms with Gasteiger partial charge in [-0.15, -0.1) is 0 Å². The Morgan fingerprint density at radius 1 is 1.28 bits per heavy atom. The lowest BCUT2D eigenvalue weighted by molar-refractivity contribution is 0.124. The molecule has 0 saturated carbocycles. The van der Waals surface area contributed by atoms with Crippen molar-refractivity contribution in [1.29, 1.82) is 0 Å². The van der Waals surface area contributed by atoms with Crippen LogP contribution in [0.4, 0.5) is 4.79 Å². The van der Waals surface area contributed by atoms with Gasteiger partial charge in [0.2, 0.25) is 0 Å². The number of nitrogens with one attached hydrogen (secondary N) is 1. The Kier molecular flexibility index (Phi) is 5.94. The number of hydrogen-bond acceptors (Lipinski definition) is 2. The maximum absolute atomic E-state index is 12.8.